The van der Waals surface area contributed by atoms with Gasteiger partial charge in [0.05, 0.1) is 36.9 Å². The molecule has 0 spiro atoms. The molecule has 0 saturated carbocycles. The number of halogens is 3. The molecule has 0 aliphatic heterocycles. The van der Waals surface area contributed by atoms with Crippen LogP contribution in [-0.2, 0) is 19.8 Å². The zero-order valence-electron chi connectivity index (χ0n) is 12.3. The van der Waals surface area contributed by atoms with Gasteiger partial charge in [0.1, 0.15) is 0 Å². The van der Waals surface area contributed by atoms with Crippen LogP contribution in [0.1, 0.15) is 37.1 Å². The third-order valence-corrected chi connectivity index (χ3v) is 5.39. The van der Waals surface area contributed by atoms with Gasteiger partial charge in [-0.1, -0.05) is 12.1 Å². The second-order valence-electron chi connectivity index (χ2n) is 4.37. The lowest BCUT2D eigenvalue weighted by Crippen LogP contribution is -2.08. The maximum atomic E-state index is 12.8. The van der Waals surface area contributed by atoms with Crippen molar-refractivity contribution in [2.45, 2.75) is 32.1 Å². The highest BCUT2D eigenvalue weighted by Crippen LogP contribution is 2.62. The van der Waals surface area contributed by atoms with Crippen molar-refractivity contribution in [3.8, 4) is 6.07 Å². The number of nitrogens with zero attached hydrogens (tertiary/aromatic N) is 1. The van der Waals surface area contributed by atoms with Crippen molar-refractivity contribution in [2.75, 3.05) is 13.2 Å². The lowest BCUT2D eigenvalue weighted by molar-refractivity contribution is -0.137. The zero-order chi connectivity index (χ0) is 16.8. The van der Waals surface area contributed by atoms with Gasteiger partial charge >= 0.3 is 13.8 Å². The first-order chi connectivity index (χ1) is 10.3. The molecule has 1 atom stereocenters. The monoisotopic (exact) mass is 335 g/mol. The van der Waals surface area contributed by atoms with Gasteiger partial charge in [0.25, 0.3) is 0 Å². The standard InChI is InChI=1S/C14H17F3NO3P/c1-3-20-22(19,21-4-2)13(9-10-18)11-5-7-12(8-6-11)14(15,16)17/h5-8,13H,3-4,9H2,1-2H3/t13-/m1/s1. The summed E-state index contributed by atoms with van der Waals surface area (Å²) in [6, 6.07) is 6.07. The minimum absolute atomic E-state index is 0.111. The third kappa shape index (κ3) is 4.57. The first-order valence-corrected chi connectivity index (χ1v) is 8.32. The average Bonchev–Trinajstić information content (AvgIpc) is 2.44. The second kappa shape index (κ2) is 7.77. The van der Waals surface area contributed by atoms with Gasteiger partial charge in [-0.25, -0.2) is 0 Å². The summed E-state index contributed by atoms with van der Waals surface area (Å²) >= 11 is 0. The molecule has 0 radical (unpaired) electrons. The van der Waals surface area contributed by atoms with E-state index in [1.54, 1.807) is 13.8 Å². The van der Waals surface area contributed by atoms with Crippen molar-refractivity contribution < 1.29 is 26.8 Å². The molecule has 0 saturated heterocycles. The molecule has 0 aliphatic carbocycles. The highest BCUT2D eigenvalue weighted by Gasteiger charge is 2.37. The van der Waals surface area contributed by atoms with Gasteiger partial charge in [0.2, 0.25) is 0 Å². The fraction of sp³-hybridized carbons (Fsp3) is 0.500. The Morgan fingerprint density at radius 2 is 1.68 bits per heavy atom. The van der Waals surface area contributed by atoms with Crippen molar-refractivity contribution >= 4 is 7.60 Å². The van der Waals surface area contributed by atoms with Crippen LogP contribution in [0.2, 0.25) is 0 Å². The van der Waals surface area contributed by atoms with Crippen molar-refractivity contribution in [1.29, 1.82) is 5.26 Å². The van der Waals surface area contributed by atoms with Gasteiger partial charge in [0.15, 0.2) is 0 Å². The molecule has 1 aromatic carbocycles. The fourth-order valence-electron chi connectivity index (χ4n) is 1.97. The number of nitriles is 1. The Labute approximate surface area is 127 Å². The van der Waals surface area contributed by atoms with Crippen molar-refractivity contribution in [3.63, 3.8) is 0 Å². The van der Waals surface area contributed by atoms with Crippen LogP contribution in [0.25, 0.3) is 0 Å². The number of alkyl halides is 3. The van der Waals surface area contributed by atoms with Crippen molar-refractivity contribution in [3.05, 3.63) is 35.4 Å². The molecular weight excluding hydrogens is 318 g/mol. The van der Waals surface area contributed by atoms with E-state index in [-0.39, 0.29) is 19.6 Å². The van der Waals surface area contributed by atoms with E-state index in [9.17, 15) is 17.7 Å². The van der Waals surface area contributed by atoms with Crippen LogP contribution in [0.15, 0.2) is 24.3 Å². The molecule has 0 aromatic heterocycles. The maximum absolute atomic E-state index is 12.8. The Bertz CT molecular complexity index is 556. The van der Waals surface area contributed by atoms with Gasteiger partial charge in [-0.15, -0.1) is 0 Å². The number of rotatable bonds is 7. The van der Waals surface area contributed by atoms with Crippen LogP contribution >= 0.6 is 7.60 Å². The van der Waals surface area contributed by atoms with Crippen molar-refractivity contribution in [1.82, 2.24) is 0 Å². The van der Waals surface area contributed by atoms with E-state index in [0.717, 1.165) is 12.1 Å². The molecule has 1 aromatic rings. The van der Waals surface area contributed by atoms with E-state index in [1.165, 1.54) is 12.1 Å². The summed E-state index contributed by atoms with van der Waals surface area (Å²) in [6.07, 6.45) is -4.63. The van der Waals surface area contributed by atoms with Crippen LogP contribution in [0.3, 0.4) is 0 Å². The van der Waals surface area contributed by atoms with Gasteiger partial charge in [-0.3, -0.25) is 4.57 Å². The highest BCUT2D eigenvalue weighted by atomic mass is 31.2. The summed E-state index contributed by atoms with van der Waals surface area (Å²) in [5, 5.41) is 8.92. The summed E-state index contributed by atoms with van der Waals surface area (Å²) in [4.78, 5) is 0. The molecular formula is C14H17F3NO3P. The van der Waals surface area contributed by atoms with Crippen LogP contribution < -0.4 is 0 Å². The average molecular weight is 335 g/mol. The predicted octanol–water partition coefficient (Wildman–Crippen LogP) is 4.93. The van der Waals surface area contributed by atoms with Crippen LogP contribution in [-0.4, -0.2) is 13.2 Å². The van der Waals surface area contributed by atoms with E-state index in [4.69, 9.17) is 14.3 Å². The van der Waals surface area contributed by atoms with Gasteiger partial charge in [-0.05, 0) is 31.5 Å². The largest absolute Gasteiger partial charge is 0.416 e. The van der Waals surface area contributed by atoms with Crippen LogP contribution in [0.5, 0.6) is 0 Å². The summed E-state index contributed by atoms with van der Waals surface area (Å²) in [7, 11) is -3.63. The Kier molecular flexibility index (Phi) is 6.61. The van der Waals surface area contributed by atoms with Gasteiger partial charge in [0, 0.05) is 0 Å². The van der Waals surface area contributed by atoms with E-state index in [0.29, 0.717) is 5.56 Å². The van der Waals surface area contributed by atoms with Crippen molar-refractivity contribution in [2.24, 2.45) is 0 Å². The number of hydrogen-bond donors (Lipinski definition) is 0. The molecule has 8 heteroatoms. The van der Waals surface area contributed by atoms with E-state index in [1.807, 2.05) is 6.07 Å². The SMILES string of the molecule is CCOP(=O)(OCC)[C@H](CC#N)c1ccc(C(F)(F)F)cc1. The molecule has 1 rings (SSSR count). The molecule has 0 aliphatic rings. The quantitative estimate of drug-likeness (QED) is 0.663. The molecule has 0 heterocycles. The third-order valence-electron chi connectivity index (χ3n) is 2.91. The second-order valence-corrected chi connectivity index (χ2v) is 6.59. The Balaban J connectivity index is 3.19. The van der Waals surface area contributed by atoms with E-state index >= 15 is 0 Å². The molecule has 0 bridgehead atoms. The van der Waals surface area contributed by atoms with Gasteiger partial charge in [-0.2, -0.15) is 18.4 Å². The topological polar surface area (TPSA) is 59.3 Å². The summed E-state index contributed by atoms with van der Waals surface area (Å²) in [6.45, 7) is 3.48. The van der Waals surface area contributed by atoms with Crippen LogP contribution in [0.4, 0.5) is 13.2 Å². The Hall–Kier alpha value is -1.35. The molecule has 0 amide bonds. The molecule has 0 N–H and O–H groups in total. The summed E-state index contributed by atoms with van der Waals surface area (Å²) < 4.78 is 60.9. The number of hydrogen-bond acceptors (Lipinski definition) is 4. The first-order valence-electron chi connectivity index (χ1n) is 6.71. The minimum Gasteiger partial charge on any atom is -0.308 e. The highest BCUT2D eigenvalue weighted by molar-refractivity contribution is 7.54. The maximum Gasteiger partial charge on any atom is 0.416 e. The van der Waals surface area contributed by atoms with Crippen LogP contribution in [0, 0.1) is 11.3 Å². The molecule has 122 valence electrons. The summed E-state index contributed by atoms with van der Waals surface area (Å²) in [5.41, 5.74) is -1.41. The van der Waals surface area contributed by atoms with Gasteiger partial charge < -0.3 is 9.05 Å². The smallest absolute Gasteiger partial charge is 0.308 e. The predicted molar refractivity (Wildman–Crippen MR) is 75.3 cm³/mol. The van der Waals surface area contributed by atoms with E-state index < -0.39 is 25.0 Å². The molecule has 0 unspecified atom stereocenters. The zero-order valence-corrected chi connectivity index (χ0v) is 13.2. The van der Waals surface area contributed by atoms with E-state index in [2.05, 4.69) is 0 Å². The number of benzene rings is 1. The fourth-order valence-corrected chi connectivity index (χ4v) is 3.97. The molecule has 4 nitrogen and oxygen atoms in total. The molecule has 0 fully saturated rings. The first kappa shape index (κ1) is 18.7. The lowest BCUT2D eigenvalue weighted by Gasteiger charge is -2.25. The normalized spacial score (nSPS) is 13.6. The Morgan fingerprint density at radius 3 is 2.05 bits per heavy atom. The lowest BCUT2D eigenvalue weighted by atomic mass is 10.1. The minimum atomic E-state index is -4.45. The summed E-state index contributed by atoms with van der Waals surface area (Å²) in [5.74, 6) is 0. The molecule has 22 heavy (non-hydrogen) atoms. The Morgan fingerprint density at radius 1 is 1.18 bits per heavy atom.